The second-order valence-corrected chi connectivity index (χ2v) is 8.83. The molecule has 1 aliphatic carbocycles. The number of fused-ring (bicyclic) bond motifs is 1. The zero-order valence-electron chi connectivity index (χ0n) is 16.6. The van der Waals surface area contributed by atoms with Crippen molar-refractivity contribution in [3.05, 3.63) is 64.7 Å². The SMILES string of the molecule is Cc1ccc([C@@H]2[C@@H]3[C@@H](C)NC(=O)[C@]3(C)CC[C@H]2c2ccc(O)cc2C)cc1. The van der Waals surface area contributed by atoms with Crippen molar-refractivity contribution < 1.29 is 9.90 Å². The normalized spacial score (nSPS) is 32.8. The minimum absolute atomic E-state index is 0.161. The Balaban J connectivity index is 1.85. The van der Waals surface area contributed by atoms with Gasteiger partial charge in [0.25, 0.3) is 0 Å². The van der Waals surface area contributed by atoms with Crippen molar-refractivity contribution in [3.63, 3.8) is 0 Å². The fraction of sp³-hybridized carbons (Fsp3) is 0.458. The van der Waals surface area contributed by atoms with E-state index in [1.165, 1.54) is 16.7 Å². The van der Waals surface area contributed by atoms with E-state index in [2.05, 4.69) is 63.3 Å². The molecule has 27 heavy (non-hydrogen) atoms. The first-order valence-corrected chi connectivity index (χ1v) is 9.98. The summed E-state index contributed by atoms with van der Waals surface area (Å²) in [5.74, 6) is 1.41. The number of carbonyl (C=O) groups excluding carboxylic acids is 1. The molecule has 0 bridgehead atoms. The topological polar surface area (TPSA) is 49.3 Å². The first kappa shape index (κ1) is 18.1. The molecular weight excluding hydrogens is 334 g/mol. The Morgan fingerprint density at radius 1 is 1.11 bits per heavy atom. The molecule has 5 atom stereocenters. The van der Waals surface area contributed by atoms with Crippen LogP contribution >= 0.6 is 0 Å². The van der Waals surface area contributed by atoms with Gasteiger partial charge < -0.3 is 10.4 Å². The molecule has 0 aromatic heterocycles. The Morgan fingerprint density at radius 3 is 2.48 bits per heavy atom. The number of nitrogens with one attached hydrogen (secondary N) is 1. The van der Waals surface area contributed by atoms with Gasteiger partial charge in [-0.05, 0) is 74.3 Å². The minimum Gasteiger partial charge on any atom is -0.508 e. The number of phenolic OH excluding ortho intramolecular Hbond substituents is 1. The maximum Gasteiger partial charge on any atom is 0.226 e. The van der Waals surface area contributed by atoms with Crippen LogP contribution in [0.4, 0.5) is 0 Å². The predicted octanol–water partition coefficient (Wildman–Crippen LogP) is 4.81. The van der Waals surface area contributed by atoms with Crippen molar-refractivity contribution >= 4 is 5.91 Å². The number of aromatic hydroxyl groups is 1. The fourth-order valence-corrected chi connectivity index (χ4v) is 5.69. The van der Waals surface area contributed by atoms with E-state index in [-0.39, 0.29) is 29.2 Å². The molecule has 1 saturated carbocycles. The molecule has 1 aliphatic heterocycles. The summed E-state index contributed by atoms with van der Waals surface area (Å²) in [7, 11) is 0. The van der Waals surface area contributed by atoms with Crippen LogP contribution in [0.5, 0.6) is 5.75 Å². The number of aryl methyl sites for hydroxylation is 2. The highest BCUT2D eigenvalue weighted by atomic mass is 16.3. The monoisotopic (exact) mass is 363 g/mol. The Kier molecular flexibility index (Phi) is 4.29. The summed E-state index contributed by atoms with van der Waals surface area (Å²) < 4.78 is 0. The summed E-state index contributed by atoms with van der Waals surface area (Å²) in [6.45, 7) is 8.49. The number of rotatable bonds is 2. The van der Waals surface area contributed by atoms with Gasteiger partial charge in [0.1, 0.15) is 5.75 Å². The summed E-state index contributed by atoms with van der Waals surface area (Å²) in [6.07, 6.45) is 1.89. The largest absolute Gasteiger partial charge is 0.508 e. The van der Waals surface area contributed by atoms with Crippen LogP contribution in [0, 0.1) is 25.2 Å². The third-order valence-corrected chi connectivity index (χ3v) is 7.06. The molecule has 0 spiro atoms. The van der Waals surface area contributed by atoms with Crippen LogP contribution in [0.15, 0.2) is 42.5 Å². The lowest BCUT2D eigenvalue weighted by Gasteiger charge is -2.46. The van der Waals surface area contributed by atoms with Crippen molar-refractivity contribution in [3.8, 4) is 5.75 Å². The van der Waals surface area contributed by atoms with Crippen LogP contribution in [0.3, 0.4) is 0 Å². The van der Waals surface area contributed by atoms with Gasteiger partial charge in [0, 0.05) is 12.0 Å². The highest BCUT2D eigenvalue weighted by molar-refractivity contribution is 5.86. The van der Waals surface area contributed by atoms with E-state index in [0.717, 1.165) is 18.4 Å². The van der Waals surface area contributed by atoms with E-state index in [9.17, 15) is 9.90 Å². The molecule has 3 heteroatoms. The van der Waals surface area contributed by atoms with Crippen LogP contribution in [-0.4, -0.2) is 17.1 Å². The van der Waals surface area contributed by atoms with Gasteiger partial charge >= 0.3 is 0 Å². The van der Waals surface area contributed by atoms with Crippen molar-refractivity contribution in [2.75, 3.05) is 0 Å². The predicted molar refractivity (Wildman–Crippen MR) is 108 cm³/mol. The quantitative estimate of drug-likeness (QED) is 0.804. The number of benzene rings is 2. The number of hydrogen-bond donors (Lipinski definition) is 2. The molecule has 1 heterocycles. The number of amides is 1. The Bertz CT molecular complexity index is 872. The maximum atomic E-state index is 12.8. The highest BCUT2D eigenvalue weighted by Gasteiger charge is 2.57. The van der Waals surface area contributed by atoms with Gasteiger partial charge in [-0.25, -0.2) is 0 Å². The lowest BCUT2D eigenvalue weighted by Crippen LogP contribution is -2.42. The highest BCUT2D eigenvalue weighted by Crippen LogP contribution is 2.58. The second kappa shape index (κ2) is 6.40. The third-order valence-electron chi connectivity index (χ3n) is 7.06. The number of phenols is 1. The molecule has 2 fully saturated rings. The van der Waals surface area contributed by atoms with Gasteiger partial charge in [-0.1, -0.05) is 42.8 Å². The van der Waals surface area contributed by atoms with E-state index in [1.807, 2.05) is 6.07 Å². The number of hydrogen-bond acceptors (Lipinski definition) is 2. The van der Waals surface area contributed by atoms with Gasteiger partial charge in [0.2, 0.25) is 5.91 Å². The molecule has 142 valence electrons. The zero-order valence-corrected chi connectivity index (χ0v) is 16.6. The molecule has 4 rings (SSSR count). The van der Waals surface area contributed by atoms with Crippen LogP contribution in [-0.2, 0) is 4.79 Å². The van der Waals surface area contributed by atoms with E-state index < -0.39 is 0 Å². The Morgan fingerprint density at radius 2 is 1.81 bits per heavy atom. The Hall–Kier alpha value is -2.29. The van der Waals surface area contributed by atoms with Crippen LogP contribution in [0.25, 0.3) is 0 Å². The van der Waals surface area contributed by atoms with E-state index in [1.54, 1.807) is 6.07 Å². The average Bonchev–Trinajstić information content (AvgIpc) is 2.85. The molecule has 2 aromatic rings. The lowest BCUT2D eigenvalue weighted by molar-refractivity contribution is -0.129. The van der Waals surface area contributed by atoms with Crippen LogP contribution < -0.4 is 5.32 Å². The van der Waals surface area contributed by atoms with Gasteiger partial charge in [-0.2, -0.15) is 0 Å². The average molecular weight is 364 g/mol. The summed E-state index contributed by atoms with van der Waals surface area (Å²) >= 11 is 0. The third kappa shape index (κ3) is 2.84. The second-order valence-electron chi connectivity index (χ2n) is 8.83. The summed E-state index contributed by atoms with van der Waals surface area (Å²) in [4.78, 5) is 12.8. The molecule has 0 unspecified atom stereocenters. The van der Waals surface area contributed by atoms with Gasteiger partial charge in [-0.15, -0.1) is 0 Å². The smallest absolute Gasteiger partial charge is 0.226 e. The van der Waals surface area contributed by atoms with Crippen LogP contribution in [0.2, 0.25) is 0 Å². The van der Waals surface area contributed by atoms with Crippen molar-refractivity contribution in [2.45, 2.75) is 58.4 Å². The summed E-state index contributed by atoms with van der Waals surface area (Å²) in [6, 6.07) is 14.7. The van der Waals surface area contributed by atoms with Gasteiger partial charge in [0.05, 0.1) is 5.41 Å². The van der Waals surface area contributed by atoms with Crippen molar-refractivity contribution in [1.82, 2.24) is 5.32 Å². The van der Waals surface area contributed by atoms with E-state index in [0.29, 0.717) is 11.7 Å². The molecular formula is C24H29NO2. The number of carbonyl (C=O) groups is 1. The molecule has 2 aromatic carbocycles. The lowest BCUT2D eigenvalue weighted by atomic mass is 9.55. The molecule has 2 N–H and O–H groups in total. The molecule has 1 amide bonds. The first-order valence-electron chi connectivity index (χ1n) is 9.98. The Labute approximate surface area is 161 Å². The summed E-state index contributed by atoms with van der Waals surface area (Å²) in [5, 5.41) is 13.1. The van der Waals surface area contributed by atoms with E-state index >= 15 is 0 Å². The minimum atomic E-state index is -0.309. The van der Waals surface area contributed by atoms with Gasteiger partial charge in [-0.3, -0.25) is 4.79 Å². The van der Waals surface area contributed by atoms with E-state index in [4.69, 9.17) is 0 Å². The molecule has 0 radical (unpaired) electrons. The molecule has 3 nitrogen and oxygen atoms in total. The van der Waals surface area contributed by atoms with Crippen LogP contribution in [0.1, 0.15) is 60.8 Å². The fourth-order valence-electron chi connectivity index (χ4n) is 5.69. The van der Waals surface area contributed by atoms with Crippen molar-refractivity contribution in [1.29, 1.82) is 0 Å². The zero-order chi connectivity index (χ0) is 19.3. The van der Waals surface area contributed by atoms with Gasteiger partial charge in [0.15, 0.2) is 0 Å². The van der Waals surface area contributed by atoms with Crippen molar-refractivity contribution in [2.24, 2.45) is 11.3 Å². The maximum absolute atomic E-state index is 12.8. The molecule has 2 aliphatic rings. The standard InChI is InChI=1S/C24H29NO2/c1-14-5-7-17(8-6-14)21-20(19-10-9-18(26)13-15(19)2)11-12-24(4)22(21)16(3)25-23(24)27/h5-10,13,16,20-22,26H,11-12H2,1-4H3,(H,25,27)/t16-,20+,21+,22+,24-/m1/s1. The first-order chi connectivity index (χ1) is 12.8. The molecule has 1 saturated heterocycles. The summed E-state index contributed by atoms with van der Waals surface area (Å²) in [5.41, 5.74) is 4.69.